The number of likely N-dealkylation sites (tertiary alicyclic amines) is 1. The Morgan fingerprint density at radius 1 is 1.25 bits per heavy atom. The average molecular weight is 431 g/mol. The van der Waals surface area contributed by atoms with Crippen LogP contribution in [0.5, 0.6) is 0 Å². The lowest BCUT2D eigenvalue weighted by Crippen LogP contribution is -2.34. The monoisotopic (exact) mass is 430 g/mol. The lowest BCUT2D eigenvalue weighted by atomic mass is 10.1. The van der Waals surface area contributed by atoms with Crippen LogP contribution in [0.1, 0.15) is 24.0 Å². The molecule has 164 valence electrons. The second kappa shape index (κ2) is 8.64. The predicted molar refractivity (Wildman–Crippen MR) is 118 cm³/mol. The van der Waals surface area contributed by atoms with Gasteiger partial charge in [-0.2, -0.15) is 0 Å². The van der Waals surface area contributed by atoms with E-state index in [1.807, 2.05) is 47.6 Å². The number of amides is 1. The number of methoxy groups -OCH3 is 1. The molecule has 0 spiro atoms. The molecule has 1 amide bonds. The van der Waals surface area contributed by atoms with Crippen molar-refractivity contribution in [1.82, 2.24) is 19.6 Å². The zero-order valence-electron chi connectivity index (χ0n) is 18.3. The molecule has 1 saturated heterocycles. The fraction of sp³-hybridized carbons (Fsp3) is 0.400. The van der Waals surface area contributed by atoms with Crippen LogP contribution in [0, 0.1) is 29.6 Å². The molecule has 3 aromatic rings. The number of hydrogen-bond donors (Lipinski definition) is 0. The minimum atomic E-state index is 0.0772. The number of imidazole rings is 1. The average Bonchev–Trinajstić information content (AvgIpc) is 3.29. The molecule has 3 atom stereocenters. The molecule has 0 N–H and O–H groups in total. The van der Waals surface area contributed by atoms with Gasteiger partial charge in [-0.1, -0.05) is 23.9 Å². The summed E-state index contributed by atoms with van der Waals surface area (Å²) in [5, 5.41) is 4.21. The van der Waals surface area contributed by atoms with Gasteiger partial charge in [0, 0.05) is 62.1 Å². The maximum atomic E-state index is 11.9. The van der Waals surface area contributed by atoms with Gasteiger partial charge < -0.3 is 18.7 Å². The molecule has 2 aliphatic rings. The first-order valence-electron chi connectivity index (χ1n) is 11.0. The first-order valence-corrected chi connectivity index (χ1v) is 11.0. The summed E-state index contributed by atoms with van der Waals surface area (Å²) in [7, 11) is 1.55. The highest BCUT2D eigenvalue weighted by Gasteiger charge is 2.55. The first kappa shape index (κ1) is 20.5. The topological polar surface area (TPSA) is 73.4 Å². The molecule has 32 heavy (non-hydrogen) atoms. The third kappa shape index (κ3) is 4.06. The molecule has 0 unspecified atom stereocenters. The van der Waals surface area contributed by atoms with Crippen molar-refractivity contribution in [3.8, 4) is 23.2 Å². The maximum Gasteiger partial charge on any atom is 0.248 e. The van der Waals surface area contributed by atoms with E-state index in [1.165, 1.54) is 0 Å². The predicted octanol–water partition coefficient (Wildman–Crippen LogP) is 2.85. The number of carbonyl (C=O) groups excluding carboxylic acids is 1. The number of ether oxygens (including phenoxy) is 1. The van der Waals surface area contributed by atoms with Crippen molar-refractivity contribution in [3.05, 3.63) is 59.8 Å². The number of aryl methyl sites for hydroxylation is 1. The molecule has 7 nitrogen and oxygen atoms in total. The summed E-state index contributed by atoms with van der Waals surface area (Å²) in [6.07, 6.45) is 4.65. The summed E-state index contributed by atoms with van der Waals surface area (Å²) in [5.41, 5.74) is 2.83. The van der Waals surface area contributed by atoms with E-state index in [-0.39, 0.29) is 12.5 Å². The third-order valence-electron chi connectivity index (χ3n) is 6.38. The summed E-state index contributed by atoms with van der Waals surface area (Å²) in [6.45, 7) is 4.51. The zero-order valence-corrected chi connectivity index (χ0v) is 18.3. The summed E-state index contributed by atoms with van der Waals surface area (Å²) in [6, 6.07) is 10.0. The Morgan fingerprint density at radius 3 is 2.75 bits per heavy atom. The zero-order chi connectivity index (χ0) is 22.1. The van der Waals surface area contributed by atoms with Crippen molar-refractivity contribution in [2.45, 2.75) is 19.9 Å². The second-order valence-electron chi connectivity index (χ2n) is 8.44. The van der Waals surface area contributed by atoms with Gasteiger partial charge in [0.1, 0.15) is 18.1 Å². The quantitative estimate of drug-likeness (QED) is 0.563. The lowest BCUT2D eigenvalue weighted by Gasteiger charge is -2.18. The minimum absolute atomic E-state index is 0.0772. The number of benzene rings is 1. The molecule has 1 aliphatic carbocycles. The van der Waals surface area contributed by atoms with Gasteiger partial charge >= 0.3 is 0 Å². The molecule has 0 bridgehead atoms. The Bertz CT molecular complexity index is 1160. The standard InChI is InChI=1S/C25H26N4O3/c1-3-24-26-10-11-28(24)13-19-12-23(32-27-19)18-7-4-17(5-8-18)6-9-20-21-14-29(15-22(20)21)25(30)16-31-2/h4-5,7-8,10-12,20-22H,3,13-16H2,1-2H3/t20-,21-,22+. The van der Waals surface area contributed by atoms with Gasteiger partial charge in [-0.05, 0) is 36.1 Å². The van der Waals surface area contributed by atoms with Crippen LogP contribution in [-0.2, 0) is 22.5 Å². The van der Waals surface area contributed by atoms with Crippen molar-refractivity contribution in [2.24, 2.45) is 17.8 Å². The Kier molecular flexibility index (Phi) is 5.54. The highest BCUT2D eigenvalue weighted by Crippen LogP contribution is 2.51. The number of fused-ring (bicyclic) bond motifs is 1. The second-order valence-corrected chi connectivity index (χ2v) is 8.44. The third-order valence-corrected chi connectivity index (χ3v) is 6.38. The van der Waals surface area contributed by atoms with Crippen LogP contribution in [0.25, 0.3) is 11.3 Å². The molecule has 3 heterocycles. The summed E-state index contributed by atoms with van der Waals surface area (Å²) in [4.78, 5) is 18.1. The maximum absolute atomic E-state index is 11.9. The number of nitrogens with zero attached hydrogens (tertiary/aromatic N) is 4. The normalized spacial score (nSPS) is 21.2. The van der Waals surface area contributed by atoms with Gasteiger partial charge in [0.15, 0.2) is 5.76 Å². The van der Waals surface area contributed by atoms with E-state index in [9.17, 15) is 4.79 Å². The molecular weight excluding hydrogens is 404 g/mol. The smallest absolute Gasteiger partial charge is 0.248 e. The summed E-state index contributed by atoms with van der Waals surface area (Å²) >= 11 is 0. The van der Waals surface area contributed by atoms with Gasteiger partial charge in [-0.15, -0.1) is 0 Å². The number of carbonyl (C=O) groups is 1. The van der Waals surface area contributed by atoms with E-state index < -0.39 is 0 Å². The Labute approximate surface area is 187 Å². The van der Waals surface area contributed by atoms with E-state index in [1.54, 1.807) is 7.11 Å². The van der Waals surface area contributed by atoms with Crippen molar-refractivity contribution < 1.29 is 14.1 Å². The van der Waals surface area contributed by atoms with Gasteiger partial charge in [-0.3, -0.25) is 4.79 Å². The van der Waals surface area contributed by atoms with E-state index >= 15 is 0 Å². The van der Waals surface area contributed by atoms with Crippen LogP contribution in [0.4, 0.5) is 0 Å². The first-order chi connectivity index (χ1) is 15.7. The molecule has 1 aliphatic heterocycles. The van der Waals surface area contributed by atoms with E-state index in [0.29, 0.717) is 24.3 Å². The number of aromatic nitrogens is 3. The van der Waals surface area contributed by atoms with E-state index in [4.69, 9.17) is 9.26 Å². The summed E-state index contributed by atoms with van der Waals surface area (Å²) in [5.74, 6) is 9.98. The Balaban J connectivity index is 1.18. The largest absolute Gasteiger partial charge is 0.375 e. The van der Waals surface area contributed by atoms with Gasteiger partial charge in [-0.25, -0.2) is 4.98 Å². The van der Waals surface area contributed by atoms with Crippen molar-refractivity contribution in [1.29, 1.82) is 0 Å². The van der Waals surface area contributed by atoms with Crippen molar-refractivity contribution >= 4 is 5.91 Å². The number of piperidine rings is 1. The summed E-state index contributed by atoms with van der Waals surface area (Å²) < 4.78 is 12.6. The fourth-order valence-electron chi connectivity index (χ4n) is 4.54. The SMILES string of the molecule is CCc1nccn1Cc1cc(-c2ccc(C#C[C@@H]3[C@H]4CN(C(=O)COC)C[C@@H]34)cc2)on1. The van der Waals surface area contributed by atoms with E-state index in [2.05, 4.69) is 33.5 Å². The van der Waals surface area contributed by atoms with Gasteiger partial charge in [0.2, 0.25) is 5.91 Å². The van der Waals surface area contributed by atoms with Crippen LogP contribution in [0.3, 0.4) is 0 Å². The molecule has 2 aromatic heterocycles. The van der Waals surface area contributed by atoms with E-state index in [0.717, 1.165) is 47.9 Å². The van der Waals surface area contributed by atoms with Crippen molar-refractivity contribution in [2.75, 3.05) is 26.8 Å². The Morgan fingerprint density at radius 2 is 2.03 bits per heavy atom. The minimum Gasteiger partial charge on any atom is -0.375 e. The number of hydrogen-bond acceptors (Lipinski definition) is 5. The van der Waals surface area contributed by atoms with Crippen LogP contribution < -0.4 is 0 Å². The van der Waals surface area contributed by atoms with Crippen LogP contribution in [0.2, 0.25) is 0 Å². The van der Waals surface area contributed by atoms with Gasteiger partial charge in [0.25, 0.3) is 0 Å². The van der Waals surface area contributed by atoms with Crippen LogP contribution in [0.15, 0.2) is 47.2 Å². The molecule has 0 radical (unpaired) electrons. The van der Waals surface area contributed by atoms with Gasteiger partial charge in [0.05, 0.1) is 6.54 Å². The highest BCUT2D eigenvalue weighted by atomic mass is 16.5. The molecule has 1 aromatic carbocycles. The van der Waals surface area contributed by atoms with Crippen LogP contribution in [-0.4, -0.2) is 52.3 Å². The molecule has 1 saturated carbocycles. The van der Waals surface area contributed by atoms with Crippen LogP contribution >= 0.6 is 0 Å². The highest BCUT2D eigenvalue weighted by molar-refractivity contribution is 5.78. The fourth-order valence-corrected chi connectivity index (χ4v) is 4.54. The van der Waals surface area contributed by atoms with Crippen molar-refractivity contribution in [3.63, 3.8) is 0 Å². The molecule has 7 heteroatoms. The Hall–Kier alpha value is -3.37. The lowest BCUT2D eigenvalue weighted by molar-refractivity contribution is -0.134. The molecule has 5 rings (SSSR count). The number of rotatable bonds is 6. The molecular formula is C25H26N4O3. The molecule has 2 fully saturated rings.